The molecule has 0 aliphatic heterocycles. The molecule has 1 aromatic carbocycles. The van der Waals surface area contributed by atoms with Gasteiger partial charge in [0.1, 0.15) is 0 Å². The first-order valence-electron chi connectivity index (χ1n) is 6.16. The van der Waals surface area contributed by atoms with E-state index in [1.165, 1.54) is 5.56 Å². The summed E-state index contributed by atoms with van der Waals surface area (Å²) in [6, 6.07) is 8.17. The van der Waals surface area contributed by atoms with Crippen LogP contribution in [-0.4, -0.2) is 31.4 Å². The van der Waals surface area contributed by atoms with E-state index in [1.807, 2.05) is 19.2 Å². The van der Waals surface area contributed by atoms with Gasteiger partial charge in [0.25, 0.3) is 0 Å². The van der Waals surface area contributed by atoms with Crippen LogP contribution in [0.4, 0.5) is 0 Å². The van der Waals surface area contributed by atoms with E-state index < -0.39 is 6.10 Å². The Kier molecular flexibility index (Phi) is 3.82. The van der Waals surface area contributed by atoms with Crippen LogP contribution in [-0.2, 0) is 11.2 Å². The van der Waals surface area contributed by atoms with E-state index in [4.69, 9.17) is 4.74 Å². The number of nitrogens with one attached hydrogen (secondary N) is 1. The van der Waals surface area contributed by atoms with Gasteiger partial charge in [-0.25, -0.2) is 0 Å². The Labute approximate surface area is 103 Å². The van der Waals surface area contributed by atoms with E-state index >= 15 is 0 Å². The molecule has 1 aliphatic rings. The summed E-state index contributed by atoms with van der Waals surface area (Å²) >= 11 is 0. The maximum Gasteiger partial charge on any atom is 0.0914 e. The van der Waals surface area contributed by atoms with Gasteiger partial charge in [-0.1, -0.05) is 24.3 Å². The zero-order chi connectivity index (χ0) is 12.3. The van der Waals surface area contributed by atoms with Crippen LogP contribution in [0.2, 0.25) is 0 Å². The van der Waals surface area contributed by atoms with Crippen LogP contribution < -0.4 is 5.32 Å². The lowest BCUT2D eigenvalue weighted by Gasteiger charge is -2.15. The molecule has 1 aliphatic carbocycles. The first-order valence-corrected chi connectivity index (χ1v) is 6.16. The molecular formula is C14H21NO2. The third-order valence-corrected chi connectivity index (χ3v) is 3.50. The van der Waals surface area contributed by atoms with Crippen molar-refractivity contribution in [2.45, 2.75) is 31.0 Å². The number of aliphatic hydroxyl groups is 1. The zero-order valence-electron chi connectivity index (χ0n) is 10.6. The molecule has 2 N–H and O–H groups in total. The monoisotopic (exact) mass is 235 g/mol. The molecule has 0 radical (unpaired) electrons. The van der Waals surface area contributed by atoms with Crippen molar-refractivity contribution in [1.82, 2.24) is 5.32 Å². The Hall–Kier alpha value is -0.900. The van der Waals surface area contributed by atoms with E-state index in [2.05, 4.69) is 17.4 Å². The zero-order valence-corrected chi connectivity index (χ0v) is 10.6. The highest BCUT2D eigenvalue weighted by Gasteiger charge is 2.42. The van der Waals surface area contributed by atoms with Gasteiger partial charge in [-0.05, 0) is 31.0 Å². The Balaban J connectivity index is 2.06. The van der Waals surface area contributed by atoms with Crippen LogP contribution in [0.25, 0.3) is 0 Å². The van der Waals surface area contributed by atoms with E-state index in [1.54, 1.807) is 7.11 Å². The highest BCUT2D eigenvalue weighted by Crippen LogP contribution is 2.41. The van der Waals surface area contributed by atoms with Crippen molar-refractivity contribution < 1.29 is 9.84 Å². The summed E-state index contributed by atoms with van der Waals surface area (Å²) in [5, 5.41) is 12.9. The number of hydrogen-bond donors (Lipinski definition) is 2. The minimum Gasteiger partial charge on any atom is -0.387 e. The summed E-state index contributed by atoms with van der Waals surface area (Å²) in [6.07, 6.45) is 2.81. The third kappa shape index (κ3) is 3.06. The van der Waals surface area contributed by atoms with Crippen molar-refractivity contribution >= 4 is 0 Å². The fourth-order valence-electron chi connectivity index (χ4n) is 2.19. The number of aliphatic hydroxyl groups excluding tert-OH is 1. The van der Waals surface area contributed by atoms with E-state index in [-0.39, 0.29) is 5.60 Å². The van der Waals surface area contributed by atoms with E-state index in [0.717, 1.165) is 24.8 Å². The number of benzene rings is 1. The summed E-state index contributed by atoms with van der Waals surface area (Å²) in [5.41, 5.74) is 2.30. The first-order chi connectivity index (χ1) is 8.19. The van der Waals surface area contributed by atoms with Crippen LogP contribution in [0.15, 0.2) is 24.3 Å². The number of ether oxygens (including phenoxy) is 1. The quantitative estimate of drug-likeness (QED) is 0.788. The minimum absolute atomic E-state index is 0.0760. The average molecular weight is 235 g/mol. The topological polar surface area (TPSA) is 41.5 Å². The highest BCUT2D eigenvalue weighted by molar-refractivity contribution is 5.27. The fourth-order valence-corrected chi connectivity index (χ4v) is 2.19. The Morgan fingerprint density at radius 3 is 2.82 bits per heavy atom. The highest BCUT2D eigenvalue weighted by atomic mass is 16.5. The van der Waals surface area contributed by atoms with Crippen LogP contribution >= 0.6 is 0 Å². The number of rotatable bonds is 6. The van der Waals surface area contributed by atoms with Gasteiger partial charge >= 0.3 is 0 Å². The second kappa shape index (κ2) is 5.17. The molecule has 0 amide bonds. The summed E-state index contributed by atoms with van der Waals surface area (Å²) in [7, 11) is 3.63. The van der Waals surface area contributed by atoms with Crippen molar-refractivity contribution in [2.24, 2.45) is 0 Å². The van der Waals surface area contributed by atoms with Crippen LogP contribution in [0, 0.1) is 0 Å². The predicted molar refractivity (Wildman–Crippen MR) is 68.0 cm³/mol. The fraction of sp³-hybridized carbons (Fsp3) is 0.571. The summed E-state index contributed by atoms with van der Waals surface area (Å²) < 4.78 is 5.53. The maximum absolute atomic E-state index is 9.92. The van der Waals surface area contributed by atoms with E-state index in [0.29, 0.717) is 6.54 Å². The first kappa shape index (κ1) is 12.6. The van der Waals surface area contributed by atoms with E-state index in [9.17, 15) is 5.11 Å². The molecule has 0 bridgehead atoms. The van der Waals surface area contributed by atoms with Gasteiger partial charge in [-0.2, -0.15) is 0 Å². The van der Waals surface area contributed by atoms with Gasteiger partial charge in [0.05, 0.1) is 11.7 Å². The number of likely N-dealkylation sites (N-methyl/N-ethyl adjacent to an activating group) is 1. The molecule has 0 aromatic heterocycles. The van der Waals surface area contributed by atoms with Crippen LogP contribution in [0.3, 0.4) is 0 Å². The Bertz CT molecular complexity index is 374. The molecule has 1 atom stereocenters. The van der Waals surface area contributed by atoms with Crippen molar-refractivity contribution in [3.05, 3.63) is 35.4 Å². The molecule has 0 saturated heterocycles. The molecule has 0 spiro atoms. The van der Waals surface area contributed by atoms with Crippen molar-refractivity contribution in [1.29, 1.82) is 0 Å². The molecule has 3 heteroatoms. The lowest BCUT2D eigenvalue weighted by Crippen LogP contribution is -2.18. The van der Waals surface area contributed by atoms with Crippen LogP contribution in [0.5, 0.6) is 0 Å². The van der Waals surface area contributed by atoms with Crippen molar-refractivity contribution in [3.63, 3.8) is 0 Å². The molecule has 3 nitrogen and oxygen atoms in total. The largest absolute Gasteiger partial charge is 0.387 e. The molecule has 17 heavy (non-hydrogen) atoms. The Morgan fingerprint density at radius 1 is 1.47 bits per heavy atom. The third-order valence-electron chi connectivity index (χ3n) is 3.50. The molecule has 1 unspecified atom stereocenters. The smallest absolute Gasteiger partial charge is 0.0914 e. The van der Waals surface area contributed by atoms with Gasteiger partial charge in [-0.15, -0.1) is 0 Å². The SMILES string of the molecule is CNCC(O)c1cccc(CC2(OC)CC2)c1. The lowest BCUT2D eigenvalue weighted by atomic mass is 10.0. The summed E-state index contributed by atoms with van der Waals surface area (Å²) in [6.45, 7) is 0.582. The molecule has 1 fully saturated rings. The molecule has 1 aromatic rings. The van der Waals surface area contributed by atoms with Crippen molar-refractivity contribution in [3.8, 4) is 0 Å². The standard InChI is InChI=1S/C14H21NO2/c1-15-10-13(16)12-5-3-4-11(8-12)9-14(17-2)6-7-14/h3-5,8,13,15-16H,6-7,9-10H2,1-2H3. The van der Waals surface area contributed by atoms with Gasteiger partial charge in [0.15, 0.2) is 0 Å². The maximum atomic E-state index is 9.92. The lowest BCUT2D eigenvalue weighted by molar-refractivity contribution is 0.0806. The normalized spacial score (nSPS) is 19.0. The van der Waals surface area contributed by atoms with Gasteiger partial charge in [-0.3, -0.25) is 0 Å². The second-order valence-corrected chi connectivity index (χ2v) is 4.88. The second-order valence-electron chi connectivity index (χ2n) is 4.88. The predicted octanol–water partition coefficient (Wildman–Crippen LogP) is 1.66. The molecule has 0 heterocycles. The summed E-state index contributed by atoms with van der Waals surface area (Å²) in [5.74, 6) is 0. The molecule has 2 rings (SSSR count). The number of methoxy groups -OCH3 is 1. The molecule has 94 valence electrons. The minimum atomic E-state index is -0.433. The molecular weight excluding hydrogens is 214 g/mol. The average Bonchev–Trinajstić information content (AvgIpc) is 3.10. The van der Waals surface area contributed by atoms with Crippen molar-refractivity contribution in [2.75, 3.05) is 20.7 Å². The van der Waals surface area contributed by atoms with Gasteiger partial charge in [0.2, 0.25) is 0 Å². The molecule has 1 saturated carbocycles. The van der Waals surface area contributed by atoms with Gasteiger partial charge < -0.3 is 15.2 Å². The van der Waals surface area contributed by atoms with Crippen LogP contribution in [0.1, 0.15) is 30.1 Å². The number of hydrogen-bond acceptors (Lipinski definition) is 3. The summed E-state index contributed by atoms with van der Waals surface area (Å²) in [4.78, 5) is 0. The Morgan fingerprint density at radius 2 is 2.24 bits per heavy atom. The van der Waals surface area contributed by atoms with Gasteiger partial charge in [0, 0.05) is 20.1 Å².